The fourth-order valence-corrected chi connectivity index (χ4v) is 2.32. The van der Waals surface area contributed by atoms with E-state index in [0.29, 0.717) is 26.4 Å². The molecule has 26 heavy (non-hydrogen) atoms. The molecule has 0 bridgehead atoms. The summed E-state index contributed by atoms with van der Waals surface area (Å²) in [5, 5.41) is 10.9. The van der Waals surface area contributed by atoms with Crippen molar-refractivity contribution < 1.29 is 9.47 Å². The number of hydrogen-bond donors (Lipinski definition) is 2. The zero-order chi connectivity index (χ0) is 18.5. The third-order valence-electron chi connectivity index (χ3n) is 3.69. The zero-order valence-corrected chi connectivity index (χ0v) is 19.0. The SMILES string of the molecule is CCNC(=NCC(c1cnn(C)c1)N(C)C)NCCCOCCOC.I. The van der Waals surface area contributed by atoms with Crippen LogP contribution in [-0.4, -0.2) is 81.3 Å². The van der Waals surface area contributed by atoms with Gasteiger partial charge in [0.25, 0.3) is 0 Å². The van der Waals surface area contributed by atoms with Crippen LogP contribution in [0.15, 0.2) is 17.4 Å². The molecule has 1 rings (SSSR count). The monoisotopic (exact) mass is 482 g/mol. The fourth-order valence-electron chi connectivity index (χ4n) is 2.32. The van der Waals surface area contributed by atoms with Crippen LogP contribution >= 0.6 is 24.0 Å². The number of halogens is 1. The largest absolute Gasteiger partial charge is 0.382 e. The summed E-state index contributed by atoms with van der Waals surface area (Å²) in [5.41, 5.74) is 1.17. The van der Waals surface area contributed by atoms with Gasteiger partial charge in [-0.15, -0.1) is 24.0 Å². The molecule has 0 fully saturated rings. The Hall–Kier alpha value is -0.910. The first-order valence-corrected chi connectivity index (χ1v) is 8.82. The second-order valence-electron chi connectivity index (χ2n) is 6.03. The van der Waals surface area contributed by atoms with Crippen LogP contribution in [0.4, 0.5) is 0 Å². The first-order chi connectivity index (χ1) is 12.1. The van der Waals surface area contributed by atoms with Gasteiger partial charge >= 0.3 is 0 Å². The number of nitrogens with one attached hydrogen (secondary N) is 2. The average molecular weight is 482 g/mol. The molecule has 1 atom stereocenters. The van der Waals surface area contributed by atoms with Crippen LogP contribution in [0.25, 0.3) is 0 Å². The van der Waals surface area contributed by atoms with Crippen molar-refractivity contribution in [2.45, 2.75) is 19.4 Å². The van der Waals surface area contributed by atoms with Crippen LogP contribution in [0, 0.1) is 0 Å². The Bertz CT molecular complexity index is 495. The molecule has 8 nitrogen and oxygen atoms in total. The van der Waals surface area contributed by atoms with E-state index in [0.717, 1.165) is 25.5 Å². The number of aliphatic imine (C=N–C) groups is 1. The minimum absolute atomic E-state index is 0. The molecule has 0 radical (unpaired) electrons. The third kappa shape index (κ3) is 10.3. The molecule has 0 aliphatic carbocycles. The summed E-state index contributed by atoms with van der Waals surface area (Å²) in [4.78, 5) is 6.88. The molecule has 9 heteroatoms. The van der Waals surface area contributed by atoms with Gasteiger partial charge in [-0.2, -0.15) is 5.10 Å². The minimum Gasteiger partial charge on any atom is -0.382 e. The molecule has 0 amide bonds. The van der Waals surface area contributed by atoms with Crippen molar-refractivity contribution in [3.8, 4) is 0 Å². The number of rotatable bonds is 12. The van der Waals surface area contributed by atoms with Crippen LogP contribution in [-0.2, 0) is 16.5 Å². The summed E-state index contributed by atoms with van der Waals surface area (Å²) in [7, 11) is 7.73. The quantitative estimate of drug-likeness (QED) is 0.202. The van der Waals surface area contributed by atoms with E-state index in [4.69, 9.17) is 14.5 Å². The van der Waals surface area contributed by atoms with E-state index in [1.807, 2.05) is 24.1 Å². The fraction of sp³-hybridized carbons (Fsp3) is 0.765. The second kappa shape index (κ2) is 15.2. The van der Waals surface area contributed by atoms with E-state index in [1.165, 1.54) is 5.56 Å². The van der Waals surface area contributed by atoms with Crippen molar-refractivity contribution in [3.63, 3.8) is 0 Å². The van der Waals surface area contributed by atoms with E-state index in [-0.39, 0.29) is 30.0 Å². The molecule has 0 saturated carbocycles. The Kier molecular flexibility index (Phi) is 14.6. The van der Waals surface area contributed by atoms with Crippen LogP contribution in [0.3, 0.4) is 0 Å². The summed E-state index contributed by atoms with van der Waals surface area (Å²) in [6.07, 6.45) is 4.86. The predicted octanol–water partition coefficient (Wildman–Crippen LogP) is 1.25. The van der Waals surface area contributed by atoms with Crippen molar-refractivity contribution in [1.82, 2.24) is 25.3 Å². The number of methoxy groups -OCH3 is 1. The number of ether oxygens (including phenoxy) is 2. The molecule has 1 aromatic heterocycles. The first-order valence-electron chi connectivity index (χ1n) is 8.82. The van der Waals surface area contributed by atoms with Crippen molar-refractivity contribution >= 4 is 29.9 Å². The number of guanidine groups is 1. The summed E-state index contributed by atoms with van der Waals surface area (Å²) in [5.74, 6) is 0.829. The summed E-state index contributed by atoms with van der Waals surface area (Å²) < 4.78 is 12.2. The number of likely N-dealkylation sites (N-methyl/N-ethyl adjacent to an activating group) is 1. The Labute approximate surface area is 174 Å². The van der Waals surface area contributed by atoms with Gasteiger partial charge < -0.3 is 25.0 Å². The lowest BCUT2D eigenvalue weighted by molar-refractivity contribution is 0.0698. The van der Waals surface area contributed by atoms with Crippen molar-refractivity contribution in [2.75, 3.05) is 60.7 Å². The van der Waals surface area contributed by atoms with E-state index >= 15 is 0 Å². The minimum atomic E-state index is 0. The standard InChI is InChI=1S/C17H34N6O2.HI/c1-6-18-17(19-8-7-9-25-11-10-24-5)20-13-16(22(2)3)15-12-21-23(4)14-15;/h12,14,16H,6-11,13H2,1-5H3,(H2,18,19,20);1H. The summed E-state index contributed by atoms with van der Waals surface area (Å²) in [6.45, 7) is 6.37. The van der Waals surface area contributed by atoms with Crippen LogP contribution in [0.1, 0.15) is 24.9 Å². The zero-order valence-electron chi connectivity index (χ0n) is 16.7. The van der Waals surface area contributed by atoms with Crippen LogP contribution < -0.4 is 10.6 Å². The highest BCUT2D eigenvalue weighted by Gasteiger charge is 2.15. The lowest BCUT2D eigenvalue weighted by Crippen LogP contribution is -2.38. The summed E-state index contributed by atoms with van der Waals surface area (Å²) in [6, 6.07) is 0.196. The van der Waals surface area contributed by atoms with Crippen molar-refractivity contribution in [2.24, 2.45) is 12.0 Å². The number of aromatic nitrogens is 2. The van der Waals surface area contributed by atoms with Crippen molar-refractivity contribution in [1.29, 1.82) is 0 Å². The lowest BCUT2D eigenvalue weighted by atomic mass is 10.1. The topological polar surface area (TPSA) is 75.9 Å². The smallest absolute Gasteiger partial charge is 0.191 e. The molecule has 0 aliphatic heterocycles. The van der Waals surface area contributed by atoms with Gasteiger partial charge in [0.1, 0.15) is 0 Å². The maximum atomic E-state index is 5.46. The second-order valence-corrected chi connectivity index (χ2v) is 6.03. The Balaban J connectivity index is 0.00000625. The first kappa shape index (κ1) is 25.1. The molecule has 0 saturated heterocycles. The molecular formula is C17H35IN6O2. The molecule has 0 aliphatic rings. The molecule has 0 spiro atoms. The molecule has 1 heterocycles. The molecule has 152 valence electrons. The van der Waals surface area contributed by atoms with Gasteiger partial charge in [0.05, 0.1) is 32.0 Å². The van der Waals surface area contributed by atoms with E-state index in [9.17, 15) is 0 Å². The van der Waals surface area contributed by atoms with Gasteiger partial charge in [-0.1, -0.05) is 0 Å². The van der Waals surface area contributed by atoms with E-state index in [2.05, 4.69) is 41.7 Å². The number of nitrogens with zero attached hydrogens (tertiary/aromatic N) is 4. The highest BCUT2D eigenvalue weighted by atomic mass is 127. The Morgan fingerprint density at radius 3 is 2.65 bits per heavy atom. The number of aryl methyl sites for hydroxylation is 1. The van der Waals surface area contributed by atoms with Gasteiger partial charge in [-0.3, -0.25) is 9.67 Å². The maximum Gasteiger partial charge on any atom is 0.191 e. The molecule has 0 aromatic carbocycles. The predicted molar refractivity (Wildman–Crippen MR) is 116 cm³/mol. The highest BCUT2D eigenvalue weighted by molar-refractivity contribution is 14.0. The normalized spacial score (nSPS) is 12.8. The average Bonchev–Trinajstić information content (AvgIpc) is 2.99. The molecule has 1 aromatic rings. The molecular weight excluding hydrogens is 447 g/mol. The Morgan fingerprint density at radius 1 is 1.31 bits per heavy atom. The van der Waals surface area contributed by atoms with Gasteiger partial charge in [-0.25, -0.2) is 0 Å². The van der Waals surface area contributed by atoms with E-state index in [1.54, 1.807) is 7.11 Å². The molecule has 1 unspecified atom stereocenters. The summed E-state index contributed by atoms with van der Waals surface area (Å²) >= 11 is 0. The van der Waals surface area contributed by atoms with Gasteiger partial charge in [0.2, 0.25) is 0 Å². The van der Waals surface area contributed by atoms with Gasteiger partial charge in [-0.05, 0) is 27.4 Å². The van der Waals surface area contributed by atoms with Gasteiger partial charge in [0.15, 0.2) is 5.96 Å². The number of hydrogen-bond acceptors (Lipinski definition) is 5. The van der Waals surface area contributed by atoms with E-state index < -0.39 is 0 Å². The lowest BCUT2D eigenvalue weighted by Gasteiger charge is -2.22. The van der Waals surface area contributed by atoms with Crippen LogP contribution in [0.5, 0.6) is 0 Å². The van der Waals surface area contributed by atoms with Gasteiger partial charge in [0, 0.05) is 45.6 Å². The van der Waals surface area contributed by atoms with Crippen molar-refractivity contribution in [3.05, 3.63) is 18.0 Å². The Morgan fingerprint density at radius 2 is 2.08 bits per heavy atom. The maximum absolute atomic E-state index is 5.46. The highest BCUT2D eigenvalue weighted by Crippen LogP contribution is 2.17. The van der Waals surface area contributed by atoms with Crippen LogP contribution in [0.2, 0.25) is 0 Å². The third-order valence-corrected chi connectivity index (χ3v) is 3.69. The molecule has 2 N–H and O–H groups in total.